The van der Waals surface area contributed by atoms with Crippen molar-refractivity contribution < 1.29 is 17.9 Å². The third kappa shape index (κ3) is 5.13. The number of hydrogen-bond donors (Lipinski definition) is 0. The molecule has 1 saturated heterocycles. The number of carbonyl (C=O) groups excluding carboxylic acids is 1. The highest BCUT2D eigenvalue weighted by molar-refractivity contribution is 7.89. The Hall–Kier alpha value is -2.34. The molecule has 0 aliphatic carbocycles. The van der Waals surface area contributed by atoms with Crippen molar-refractivity contribution in [2.24, 2.45) is 0 Å². The standard InChI is InChI=1S/C22H27NO4S/c1-27-20-13-11-18(12-14-20)21-6-4-3-5-15-23(21)22(24)19-9-7-17(8-10-19)16-28(2,25)26/h7-14,21H,3-6,15-16H2,1-2H3. The molecule has 6 heteroatoms. The topological polar surface area (TPSA) is 63.7 Å². The van der Waals surface area contributed by atoms with E-state index in [0.717, 1.165) is 43.5 Å². The van der Waals surface area contributed by atoms with Gasteiger partial charge in [0, 0.05) is 18.4 Å². The van der Waals surface area contributed by atoms with Crippen LogP contribution in [0.15, 0.2) is 48.5 Å². The fourth-order valence-electron chi connectivity index (χ4n) is 3.74. The lowest BCUT2D eigenvalue weighted by Crippen LogP contribution is -2.34. The van der Waals surface area contributed by atoms with Crippen LogP contribution in [0.25, 0.3) is 0 Å². The first kappa shape index (κ1) is 20.4. The Morgan fingerprint density at radius 2 is 1.71 bits per heavy atom. The molecule has 0 N–H and O–H groups in total. The molecule has 1 amide bonds. The largest absolute Gasteiger partial charge is 0.497 e. The maximum atomic E-state index is 13.2. The number of likely N-dealkylation sites (tertiary alicyclic amines) is 1. The first-order chi connectivity index (χ1) is 13.4. The third-order valence-electron chi connectivity index (χ3n) is 5.14. The Labute approximate surface area is 167 Å². The summed E-state index contributed by atoms with van der Waals surface area (Å²) < 4.78 is 28.2. The van der Waals surface area contributed by atoms with Crippen molar-refractivity contribution in [3.63, 3.8) is 0 Å². The van der Waals surface area contributed by atoms with Crippen LogP contribution in [0.5, 0.6) is 5.75 Å². The Morgan fingerprint density at radius 3 is 2.32 bits per heavy atom. The van der Waals surface area contributed by atoms with Gasteiger partial charge in [-0.25, -0.2) is 8.42 Å². The van der Waals surface area contributed by atoms with Crippen LogP contribution in [0.1, 0.15) is 53.2 Å². The quantitative estimate of drug-likeness (QED) is 0.760. The van der Waals surface area contributed by atoms with Crippen LogP contribution in [-0.2, 0) is 15.6 Å². The summed E-state index contributed by atoms with van der Waals surface area (Å²) >= 11 is 0. The van der Waals surface area contributed by atoms with Crippen molar-refractivity contribution >= 4 is 15.7 Å². The van der Waals surface area contributed by atoms with E-state index in [1.54, 1.807) is 31.4 Å². The number of carbonyl (C=O) groups is 1. The molecule has 28 heavy (non-hydrogen) atoms. The van der Waals surface area contributed by atoms with Crippen LogP contribution in [-0.4, -0.2) is 39.1 Å². The normalized spacial score (nSPS) is 17.8. The van der Waals surface area contributed by atoms with Crippen LogP contribution in [0.2, 0.25) is 0 Å². The van der Waals surface area contributed by atoms with Gasteiger partial charge in [0.1, 0.15) is 5.75 Å². The minimum Gasteiger partial charge on any atom is -0.497 e. The zero-order valence-corrected chi connectivity index (χ0v) is 17.2. The lowest BCUT2D eigenvalue weighted by atomic mass is 9.99. The molecule has 1 aliphatic heterocycles. The molecule has 1 heterocycles. The summed E-state index contributed by atoms with van der Waals surface area (Å²) in [5.74, 6) is 0.782. The molecule has 0 radical (unpaired) electrons. The SMILES string of the molecule is COc1ccc(C2CCCCCN2C(=O)c2ccc(CS(C)(=O)=O)cc2)cc1. The first-order valence-corrected chi connectivity index (χ1v) is 11.6. The number of sulfone groups is 1. The highest BCUT2D eigenvalue weighted by atomic mass is 32.2. The number of nitrogens with zero attached hydrogens (tertiary/aromatic N) is 1. The van der Waals surface area contributed by atoms with Gasteiger partial charge in [0.15, 0.2) is 9.84 Å². The maximum absolute atomic E-state index is 13.2. The Bertz CT molecular complexity index is 905. The fourth-order valence-corrected chi connectivity index (χ4v) is 4.53. The van der Waals surface area contributed by atoms with Gasteiger partial charge in [0.2, 0.25) is 0 Å². The summed E-state index contributed by atoms with van der Waals surface area (Å²) in [6.45, 7) is 0.723. The van der Waals surface area contributed by atoms with Crippen molar-refractivity contribution in [2.75, 3.05) is 19.9 Å². The molecule has 1 unspecified atom stereocenters. The van der Waals surface area contributed by atoms with Gasteiger partial charge in [-0.05, 0) is 48.2 Å². The second kappa shape index (κ2) is 8.78. The van der Waals surface area contributed by atoms with Crippen LogP contribution in [0, 0.1) is 0 Å². The Kier molecular flexibility index (Phi) is 6.39. The van der Waals surface area contributed by atoms with E-state index in [2.05, 4.69) is 0 Å². The third-order valence-corrected chi connectivity index (χ3v) is 6.00. The Morgan fingerprint density at radius 1 is 1.04 bits per heavy atom. The molecule has 1 fully saturated rings. The summed E-state index contributed by atoms with van der Waals surface area (Å²) in [5, 5.41) is 0. The predicted molar refractivity (Wildman–Crippen MR) is 110 cm³/mol. The van der Waals surface area contributed by atoms with Crippen LogP contribution < -0.4 is 4.74 Å². The number of methoxy groups -OCH3 is 1. The van der Waals surface area contributed by atoms with E-state index in [4.69, 9.17) is 4.74 Å². The van der Waals surface area contributed by atoms with Crippen molar-refractivity contribution in [1.29, 1.82) is 0 Å². The van der Waals surface area contributed by atoms with E-state index in [1.807, 2.05) is 29.2 Å². The van der Waals surface area contributed by atoms with Gasteiger partial charge in [-0.1, -0.05) is 37.1 Å². The second-order valence-corrected chi connectivity index (χ2v) is 9.54. The average molecular weight is 402 g/mol. The molecule has 0 bridgehead atoms. The van der Waals surface area contributed by atoms with E-state index >= 15 is 0 Å². The number of rotatable bonds is 5. The molecule has 3 rings (SSSR count). The smallest absolute Gasteiger partial charge is 0.254 e. The summed E-state index contributed by atoms with van der Waals surface area (Å²) in [6.07, 6.45) is 5.34. The van der Waals surface area contributed by atoms with E-state index in [-0.39, 0.29) is 17.7 Å². The van der Waals surface area contributed by atoms with Crippen molar-refractivity contribution in [1.82, 2.24) is 4.90 Å². The first-order valence-electron chi connectivity index (χ1n) is 9.59. The van der Waals surface area contributed by atoms with Crippen molar-refractivity contribution in [2.45, 2.75) is 37.5 Å². The molecule has 1 aliphatic rings. The van der Waals surface area contributed by atoms with Crippen LogP contribution in [0.4, 0.5) is 0 Å². The summed E-state index contributed by atoms with van der Waals surface area (Å²) in [7, 11) is -1.45. The number of amides is 1. The minimum atomic E-state index is -3.09. The molecular formula is C22H27NO4S. The monoisotopic (exact) mass is 401 g/mol. The predicted octanol–water partition coefficient (Wildman–Crippen LogP) is 4.00. The lowest BCUT2D eigenvalue weighted by molar-refractivity contribution is 0.0681. The Balaban J connectivity index is 1.83. The molecular weight excluding hydrogens is 374 g/mol. The lowest BCUT2D eigenvalue weighted by Gasteiger charge is -2.31. The van der Waals surface area contributed by atoms with E-state index in [9.17, 15) is 13.2 Å². The molecule has 1 atom stereocenters. The fraction of sp³-hybridized carbons (Fsp3) is 0.409. The van der Waals surface area contributed by atoms with Gasteiger partial charge in [-0.15, -0.1) is 0 Å². The molecule has 0 spiro atoms. The summed E-state index contributed by atoms with van der Waals surface area (Å²) in [6, 6.07) is 14.9. The molecule has 5 nitrogen and oxygen atoms in total. The van der Waals surface area contributed by atoms with E-state index in [0.29, 0.717) is 11.1 Å². The number of hydrogen-bond acceptors (Lipinski definition) is 4. The van der Waals surface area contributed by atoms with Gasteiger partial charge in [-0.2, -0.15) is 0 Å². The highest BCUT2D eigenvalue weighted by Crippen LogP contribution is 2.32. The molecule has 0 saturated carbocycles. The van der Waals surface area contributed by atoms with Gasteiger partial charge < -0.3 is 9.64 Å². The van der Waals surface area contributed by atoms with Gasteiger partial charge >= 0.3 is 0 Å². The molecule has 0 aromatic heterocycles. The molecule has 150 valence electrons. The highest BCUT2D eigenvalue weighted by Gasteiger charge is 2.27. The van der Waals surface area contributed by atoms with Crippen molar-refractivity contribution in [3.05, 3.63) is 65.2 Å². The van der Waals surface area contributed by atoms with Gasteiger partial charge in [0.05, 0.1) is 18.9 Å². The van der Waals surface area contributed by atoms with Crippen molar-refractivity contribution in [3.8, 4) is 5.75 Å². The van der Waals surface area contributed by atoms with Gasteiger partial charge in [-0.3, -0.25) is 4.79 Å². The van der Waals surface area contributed by atoms with Crippen LogP contribution in [0.3, 0.4) is 0 Å². The molecule has 2 aromatic carbocycles. The average Bonchev–Trinajstić information content (AvgIpc) is 2.93. The molecule has 2 aromatic rings. The zero-order valence-electron chi connectivity index (χ0n) is 16.4. The summed E-state index contributed by atoms with van der Waals surface area (Å²) in [4.78, 5) is 15.2. The number of benzene rings is 2. The van der Waals surface area contributed by atoms with Gasteiger partial charge in [0.25, 0.3) is 5.91 Å². The zero-order chi connectivity index (χ0) is 20.1. The summed E-state index contributed by atoms with van der Waals surface area (Å²) in [5.41, 5.74) is 2.41. The minimum absolute atomic E-state index is 0.00590. The van der Waals surface area contributed by atoms with Crippen LogP contribution >= 0.6 is 0 Å². The second-order valence-electron chi connectivity index (χ2n) is 7.40. The van der Waals surface area contributed by atoms with E-state index in [1.165, 1.54) is 6.26 Å². The maximum Gasteiger partial charge on any atom is 0.254 e. The van der Waals surface area contributed by atoms with E-state index < -0.39 is 9.84 Å². The number of ether oxygens (including phenoxy) is 1.